The van der Waals surface area contributed by atoms with E-state index in [9.17, 15) is 0 Å². The van der Waals surface area contributed by atoms with E-state index in [2.05, 4.69) is 26.2 Å². The second kappa shape index (κ2) is 3.57. The highest BCUT2D eigenvalue weighted by molar-refractivity contribution is 4.86. The van der Waals surface area contributed by atoms with Crippen molar-refractivity contribution in [2.24, 2.45) is 5.41 Å². The van der Waals surface area contributed by atoms with Gasteiger partial charge in [-0.3, -0.25) is 0 Å². The van der Waals surface area contributed by atoms with Crippen molar-refractivity contribution in [3.8, 4) is 0 Å². The topological polar surface area (TPSA) is 12.0 Å². The summed E-state index contributed by atoms with van der Waals surface area (Å²) in [5.74, 6) is 0. The van der Waals surface area contributed by atoms with Gasteiger partial charge in [0.1, 0.15) is 0 Å². The largest absolute Gasteiger partial charge is 0.317 e. The van der Waals surface area contributed by atoms with Crippen molar-refractivity contribution in [3.63, 3.8) is 0 Å². The van der Waals surface area contributed by atoms with Gasteiger partial charge in [0.25, 0.3) is 0 Å². The van der Waals surface area contributed by atoms with Crippen LogP contribution >= 0.6 is 0 Å². The Bertz CT molecular complexity index is 114. The molecule has 1 aliphatic carbocycles. The average Bonchev–Trinajstić information content (AvgIpc) is 2.04. The van der Waals surface area contributed by atoms with Crippen LogP contribution in [0.15, 0.2) is 0 Å². The number of nitrogens with one attached hydrogen (secondary N) is 1. The van der Waals surface area contributed by atoms with Crippen LogP contribution in [0.3, 0.4) is 0 Å². The second-order valence-electron chi connectivity index (χ2n) is 4.23. The lowest BCUT2D eigenvalue weighted by Crippen LogP contribution is -2.40. The standard InChI is InChI=1S/C10H21N/c1-9(11-3)10(2)7-5-4-6-8-10/h9,11H,4-8H2,1-3H3. The normalized spacial score (nSPS) is 26.5. The highest BCUT2D eigenvalue weighted by Gasteiger charge is 2.31. The molecular formula is C10H21N. The molecule has 0 aliphatic heterocycles. The summed E-state index contributed by atoms with van der Waals surface area (Å²) in [5, 5.41) is 3.38. The second-order valence-corrected chi connectivity index (χ2v) is 4.23. The molecule has 11 heavy (non-hydrogen) atoms. The molecule has 1 saturated carbocycles. The van der Waals surface area contributed by atoms with E-state index in [1.54, 1.807) is 0 Å². The maximum Gasteiger partial charge on any atom is 0.00895 e. The lowest BCUT2D eigenvalue weighted by Gasteiger charge is -2.38. The van der Waals surface area contributed by atoms with E-state index >= 15 is 0 Å². The van der Waals surface area contributed by atoms with Crippen LogP contribution in [0.25, 0.3) is 0 Å². The summed E-state index contributed by atoms with van der Waals surface area (Å²) >= 11 is 0. The van der Waals surface area contributed by atoms with E-state index in [-0.39, 0.29) is 0 Å². The van der Waals surface area contributed by atoms with Crippen LogP contribution in [0.4, 0.5) is 0 Å². The molecule has 1 atom stereocenters. The maximum absolute atomic E-state index is 3.38. The summed E-state index contributed by atoms with van der Waals surface area (Å²) in [6.07, 6.45) is 7.14. The molecule has 0 aromatic rings. The summed E-state index contributed by atoms with van der Waals surface area (Å²) in [4.78, 5) is 0. The molecule has 1 aliphatic rings. The van der Waals surface area contributed by atoms with Crippen LogP contribution in [-0.2, 0) is 0 Å². The number of hydrogen-bond donors (Lipinski definition) is 1. The van der Waals surface area contributed by atoms with Gasteiger partial charge >= 0.3 is 0 Å². The average molecular weight is 155 g/mol. The number of hydrogen-bond acceptors (Lipinski definition) is 1. The zero-order valence-corrected chi connectivity index (χ0v) is 8.11. The van der Waals surface area contributed by atoms with Gasteiger partial charge < -0.3 is 5.32 Å². The summed E-state index contributed by atoms with van der Waals surface area (Å²) in [6.45, 7) is 4.73. The van der Waals surface area contributed by atoms with Gasteiger partial charge in [0.2, 0.25) is 0 Å². The first-order chi connectivity index (χ1) is 5.19. The van der Waals surface area contributed by atoms with Gasteiger partial charge in [-0.25, -0.2) is 0 Å². The highest BCUT2D eigenvalue weighted by Crippen LogP contribution is 2.38. The zero-order valence-electron chi connectivity index (χ0n) is 8.11. The Morgan fingerprint density at radius 3 is 2.18 bits per heavy atom. The molecule has 0 saturated heterocycles. The first kappa shape index (κ1) is 9.05. The molecule has 0 aromatic carbocycles. The maximum atomic E-state index is 3.38. The van der Waals surface area contributed by atoms with E-state index in [4.69, 9.17) is 0 Å². The van der Waals surface area contributed by atoms with Crippen molar-refractivity contribution in [1.29, 1.82) is 0 Å². The van der Waals surface area contributed by atoms with E-state index < -0.39 is 0 Å². The Morgan fingerprint density at radius 2 is 1.73 bits per heavy atom. The predicted octanol–water partition coefficient (Wildman–Crippen LogP) is 2.56. The van der Waals surface area contributed by atoms with Crippen molar-refractivity contribution < 1.29 is 0 Å². The highest BCUT2D eigenvalue weighted by atomic mass is 14.9. The number of rotatable bonds is 2. The van der Waals surface area contributed by atoms with E-state index in [0.29, 0.717) is 11.5 Å². The Morgan fingerprint density at radius 1 is 1.18 bits per heavy atom. The zero-order chi connectivity index (χ0) is 8.32. The molecule has 0 amide bonds. The fourth-order valence-electron chi connectivity index (χ4n) is 2.14. The Hall–Kier alpha value is -0.0400. The van der Waals surface area contributed by atoms with Gasteiger partial charge in [-0.05, 0) is 32.2 Å². The van der Waals surface area contributed by atoms with Crippen LogP contribution < -0.4 is 5.32 Å². The van der Waals surface area contributed by atoms with Crippen molar-refractivity contribution in [2.45, 2.75) is 52.0 Å². The third-order valence-corrected chi connectivity index (χ3v) is 3.47. The summed E-state index contributed by atoms with van der Waals surface area (Å²) < 4.78 is 0. The van der Waals surface area contributed by atoms with Crippen molar-refractivity contribution in [1.82, 2.24) is 5.32 Å². The molecule has 1 fully saturated rings. The third kappa shape index (κ3) is 1.96. The molecule has 0 radical (unpaired) electrons. The van der Waals surface area contributed by atoms with Crippen LogP contribution in [0.2, 0.25) is 0 Å². The Balaban J connectivity index is 2.49. The molecule has 1 N–H and O–H groups in total. The summed E-state index contributed by atoms with van der Waals surface area (Å²) in [7, 11) is 2.07. The molecule has 1 unspecified atom stereocenters. The molecule has 1 heteroatoms. The van der Waals surface area contributed by atoms with Crippen molar-refractivity contribution in [2.75, 3.05) is 7.05 Å². The van der Waals surface area contributed by atoms with Crippen molar-refractivity contribution >= 4 is 0 Å². The van der Waals surface area contributed by atoms with E-state index in [1.165, 1.54) is 32.1 Å². The fraction of sp³-hybridized carbons (Fsp3) is 1.00. The first-order valence-electron chi connectivity index (χ1n) is 4.86. The van der Waals surface area contributed by atoms with Gasteiger partial charge in [-0.2, -0.15) is 0 Å². The molecule has 66 valence electrons. The summed E-state index contributed by atoms with van der Waals surface area (Å²) in [5.41, 5.74) is 0.576. The van der Waals surface area contributed by atoms with Gasteiger partial charge in [-0.15, -0.1) is 0 Å². The summed E-state index contributed by atoms with van der Waals surface area (Å²) in [6, 6.07) is 0.683. The monoisotopic (exact) mass is 155 g/mol. The van der Waals surface area contributed by atoms with Crippen LogP contribution in [0.1, 0.15) is 46.0 Å². The molecule has 0 heterocycles. The third-order valence-electron chi connectivity index (χ3n) is 3.47. The van der Waals surface area contributed by atoms with Crippen molar-refractivity contribution in [3.05, 3.63) is 0 Å². The Labute approximate surface area is 70.6 Å². The van der Waals surface area contributed by atoms with Crippen LogP contribution in [-0.4, -0.2) is 13.1 Å². The quantitative estimate of drug-likeness (QED) is 0.646. The molecule has 0 bridgehead atoms. The van der Waals surface area contributed by atoms with Gasteiger partial charge in [0.05, 0.1) is 0 Å². The predicted molar refractivity (Wildman–Crippen MR) is 49.7 cm³/mol. The Kier molecular flexibility index (Phi) is 2.94. The fourth-order valence-corrected chi connectivity index (χ4v) is 2.14. The van der Waals surface area contributed by atoms with Crippen LogP contribution in [0, 0.1) is 5.41 Å². The minimum atomic E-state index is 0.576. The van der Waals surface area contributed by atoms with E-state index in [1.807, 2.05) is 0 Å². The SMILES string of the molecule is CNC(C)C1(C)CCCCC1. The lowest BCUT2D eigenvalue weighted by atomic mass is 9.71. The molecule has 1 rings (SSSR count). The van der Waals surface area contributed by atoms with Crippen LogP contribution in [0.5, 0.6) is 0 Å². The van der Waals surface area contributed by atoms with Gasteiger partial charge in [0, 0.05) is 6.04 Å². The van der Waals surface area contributed by atoms with Gasteiger partial charge in [0.15, 0.2) is 0 Å². The molecule has 0 spiro atoms. The molecular weight excluding hydrogens is 134 g/mol. The van der Waals surface area contributed by atoms with E-state index in [0.717, 1.165) is 0 Å². The smallest absolute Gasteiger partial charge is 0.00895 e. The lowest BCUT2D eigenvalue weighted by molar-refractivity contribution is 0.160. The first-order valence-corrected chi connectivity index (χ1v) is 4.86. The minimum Gasteiger partial charge on any atom is -0.317 e. The molecule has 0 aromatic heterocycles. The minimum absolute atomic E-state index is 0.576. The molecule has 1 nitrogen and oxygen atoms in total. The van der Waals surface area contributed by atoms with Gasteiger partial charge in [-0.1, -0.05) is 26.2 Å².